The summed E-state index contributed by atoms with van der Waals surface area (Å²) in [7, 11) is 0. The fourth-order valence-electron chi connectivity index (χ4n) is 3.11. The molecule has 0 N–H and O–H groups in total. The number of nitrogens with zero attached hydrogens (tertiary/aromatic N) is 2. The number of thiocarbonyl (C=S) groups is 1. The lowest BCUT2D eigenvalue weighted by molar-refractivity contribution is -0.00781. The second-order valence-electron chi connectivity index (χ2n) is 8.29. The lowest BCUT2D eigenvalue weighted by atomic mass is 10.0. The van der Waals surface area contributed by atoms with Crippen LogP contribution in [-0.2, 0) is 4.74 Å². The van der Waals surface area contributed by atoms with E-state index in [9.17, 15) is 4.79 Å². The highest BCUT2D eigenvalue weighted by Crippen LogP contribution is 2.38. The zero-order valence-corrected chi connectivity index (χ0v) is 19.9. The lowest BCUT2D eigenvalue weighted by Gasteiger charge is -2.39. The van der Waals surface area contributed by atoms with Crippen LogP contribution in [0.2, 0.25) is 10.0 Å². The van der Waals surface area contributed by atoms with Gasteiger partial charge in [-0.15, -0.1) is 0 Å². The number of halogens is 2. The zero-order valence-electron chi connectivity index (χ0n) is 17.6. The number of carbonyl (C=O) groups is 1. The van der Waals surface area contributed by atoms with Gasteiger partial charge in [-0.1, -0.05) is 47.6 Å². The summed E-state index contributed by atoms with van der Waals surface area (Å²) < 4.78 is 11.2. The van der Waals surface area contributed by atoms with Gasteiger partial charge in [0.2, 0.25) is 0 Å². The van der Waals surface area contributed by atoms with Crippen LogP contribution in [0.5, 0.6) is 5.75 Å². The number of amides is 1. The molecule has 0 atom stereocenters. The molecule has 1 saturated heterocycles. The van der Waals surface area contributed by atoms with E-state index in [4.69, 9.17) is 44.9 Å². The third-order valence-electron chi connectivity index (χ3n) is 4.55. The average Bonchev–Trinajstić information content (AvgIpc) is 2.64. The number of hydrogen-bond donors (Lipinski definition) is 0. The first kappa shape index (κ1) is 23.5. The molecule has 0 bridgehead atoms. The highest BCUT2D eigenvalue weighted by atomic mass is 35.5. The van der Waals surface area contributed by atoms with Crippen molar-refractivity contribution in [3.05, 3.63) is 46.4 Å². The number of carbonyl (C=O) groups excluding carboxylic acids is 1. The third-order valence-corrected chi connectivity index (χ3v) is 5.27. The molecular formula is C23H24Cl2N2O3S. The molecule has 3 rings (SSSR count). The van der Waals surface area contributed by atoms with E-state index in [0.29, 0.717) is 35.4 Å². The van der Waals surface area contributed by atoms with E-state index in [1.54, 1.807) is 17.0 Å². The second kappa shape index (κ2) is 9.98. The van der Waals surface area contributed by atoms with Gasteiger partial charge in [-0.3, -0.25) is 4.99 Å². The van der Waals surface area contributed by atoms with Crippen molar-refractivity contribution in [2.24, 2.45) is 10.9 Å². The summed E-state index contributed by atoms with van der Waals surface area (Å²) >= 11 is 17.6. The van der Waals surface area contributed by atoms with Crippen molar-refractivity contribution in [3.8, 4) is 16.9 Å². The molecule has 1 amide bonds. The first-order chi connectivity index (χ1) is 14.7. The molecule has 1 aliphatic rings. The first-order valence-electron chi connectivity index (χ1n) is 9.84. The van der Waals surface area contributed by atoms with Crippen molar-refractivity contribution in [1.29, 1.82) is 0 Å². The molecule has 31 heavy (non-hydrogen) atoms. The van der Waals surface area contributed by atoms with E-state index in [0.717, 1.165) is 16.9 Å². The van der Waals surface area contributed by atoms with Crippen molar-refractivity contribution in [3.63, 3.8) is 0 Å². The number of ether oxygens (including phenoxy) is 2. The Morgan fingerprint density at radius 3 is 2.35 bits per heavy atom. The van der Waals surface area contributed by atoms with Crippen LogP contribution in [0, 0.1) is 5.92 Å². The first-order valence-corrected chi connectivity index (χ1v) is 11.1. The predicted octanol–water partition coefficient (Wildman–Crippen LogP) is 6.61. The SMILES string of the molecule is CC(C)(C)OC(=O)N1CC(COc2ccc(-c3c(Cl)cc(N=CC=S)cc3Cl)cc2)C1. The van der Waals surface area contributed by atoms with Gasteiger partial charge in [0, 0.05) is 36.2 Å². The Morgan fingerprint density at radius 2 is 1.81 bits per heavy atom. The molecule has 0 unspecified atom stereocenters. The Labute approximate surface area is 198 Å². The maximum absolute atomic E-state index is 12.0. The predicted molar refractivity (Wildman–Crippen MR) is 130 cm³/mol. The van der Waals surface area contributed by atoms with Crippen molar-refractivity contribution in [2.75, 3.05) is 19.7 Å². The van der Waals surface area contributed by atoms with Gasteiger partial charge in [0.05, 0.1) is 22.3 Å². The van der Waals surface area contributed by atoms with E-state index in [2.05, 4.69) is 4.99 Å². The molecule has 5 nitrogen and oxygen atoms in total. The number of rotatable bonds is 6. The summed E-state index contributed by atoms with van der Waals surface area (Å²) in [5.41, 5.74) is 1.78. The van der Waals surface area contributed by atoms with E-state index in [1.165, 1.54) is 11.6 Å². The van der Waals surface area contributed by atoms with Crippen LogP contribution >= 0.6 is 35.4 Å². The van der Waals surface area contributed by atoms with Gasteiger partial charge in [-0.2, -0.15) is 0 Å². The quantitative estimate of drug-likeness (QED) is 0.346. The topological polar surface area (TPSA) is 51.1 Å². The van der Waals surface area contributed by atoms with Crippen molar-refractivity contribution in [2.45, 2.75) is 26.4 Å². The number of hydrogen-bond acceptors (Lipinski definition) is 5. The van der Waals surface area contributed by atoms with Gasteiger partial charge in [0.15, 0.2) is 0 Å². The summed E-state index contributed by atoms with van der Waals surface area (Å²) in [5.74, 6) is 1.03. The fraction of sp³-hybridized carbons (Fsp3) is 0.348. The molecule has 0 saturated carbocycles. The molecule has 2 aromatic carbocycles. The van der Waals surface area contributed by atoms with Crippen molar-refractivity contribution in [1.82, 2.24) is 4.90 Å². The van der Waals surface area contributed by atoms with E-state index < -0.39 is 5.60 Å². The monoisotopic (exact) mass is 478 g/mol. The summed E-state index contributed by atoms with van der Waals surface area (Å²) in [5, 5.41) is 2.44. The Morgan fingerprint density at radius 1 is 1.19 bits per heavy atom. The average molecular weight is 479 g/mol. The van der Waals surface area contributed by atoms with Gasteiger partial charge in [-0.25, -0.2) is 4.79 Å². The number of likely N-dealkylation sites (tertiary alicyclic amines) is 1. The van der Waals surface area contributed by atoms with Crippen LogP contribution in [0.4, 0.5) is 10.5 Å². The van der Waals surface area contributed by atoms with Crippen LogP contribution < -0.4 is 4.74 Å². The second-order valence-corrected chi connectivity index (χ2v) is 9.37. The minimum atomic E-state index is -0.482. The smallest absolute Gasteiger partial charge is 0.410 e. The Balaban J connectivity index is 1.55. The Kier molecular flexibility index (Phi) is 7.57. The van der Waals surface area contributed by atoms with Gasteiger partial charge in [0.1, 0.15) is 11.4 Å². The van der Waals surface area contributed by atoms with Gasteiger partial charge in [-0.05, 0) is 50.6 Å². The Bertz CT molecular complexity index is 958. The van der Waals surface area contributed by atoms with Crippen molar-refractivity contribution < 1.29 is 14.3 Å². The fourth-order valence-corrected chi connectivity index (χ4v) is 3.86. The minimum absolute atomic E-state index is 0.277. The van der Waals surface area contributed by atoms with Crippen LogP contribution in [0.15, 0.2) is 41.4 Å². The van der Waals surface area contributed by atoms with E-state index in [-0.39, 0.29) is 12.0 Å². The van der Waals surface area contributed by atoms with Gasteiger partial charge < -0.3 is 14.4 Å². The summed E-state index contributed by atoms with van der Waals surface area (Å²) in [6.45, 7) is 7.39. The van der Waals surface area contributed by atoms with Gasteiger partial charge >= 0.3 is 6.09 Å². The molecule has 0 aromatic heterocycles. The summed E-state index contributed by atoms with van der Waals surface area (Å²) in [6.07, 6.45) is 1.23. The summed E-state index contributed by atoms with van der Waals surface area (Å²) in [6, 6.07) is 11.1. The van der Waals surface area contributed by atoms with E-state index >= 15 is 0 Å². The minimum Gasteiger partial charge on any atom is -0.493 e. The highest BCUT2D eigenvalue weighted by Gasteiger charge is 2.34. The zero-order chi connectivity index (χ0) is 22.6. The molecule has 2 aromatic rings. The van der Waals surface area contributed by atoms with Crippen LogP contribution in [0.25, 0.3) is 11.1 Å². The number of benzene rings is 2. The lowest BCUT2D eigenvalue weighted by Crippen LogP contribution is -2.53. The van der Waals surface area contributed by atoms with Gasteiger partial charge in [0.25, 0.3) is 0 Å². The van der Waals surface area contributed by atoms with Crippen LogP contribution in [-0.4, -0.2) is 47.9 Å². The highest BCUT2D eigenvalue weighted by molar-refractivity contribution is 7.80. The van der Waals surface area contributed by atoms with Crippen LogP contribution in [0.1, 0.15) is 20.8 Å². The Hall–Kier alpha value is -2.15. The largest absolute Gasteiger partial charge is 0.493 e. The molecule has 8 heteroatoms. The van der Waals surface area contributed by atoms with E-state index in [1.807, 2.05) is 45.0 Å². The third kappa shape index (κ3) is 6.42. The van der Waals surface area contributed by atoms with Crippen LogP contribution in [0.3, 0.4) is 0 Å². The molecule has 0 spiro atoms. The normalized spacial score (nSPS) is 14.4. The molecular weight excluding hydrogens is 455 g/mol. The molecule has 0 aliphatic carbocycles. The molecule has 164 valence electrons. The molecule has 1 fully saturated rings. The number of aliphatic imine (C=N–C) groups is 1. The maximum atomic E-state index is 12.0. The molecule has 1 heterocycles. The van der Waals surface area contributed by atoms with Crippen molar-refractivity contribution >= 4 is 58.8 Å². The summed E-state index contributed by atoms with van der Waals surface area (Å²) in [4.78, 5) is 17.9. The molecule has 0 radical (unpaired) electrons. The standard InChI is InChI=1S/C23H24Cl2N2O3S/c1-23(2,3)30-22(28)27-12-15(13-27)14-29-18-6-4-16(5-7-18)21-19(24)10-17(11-20(21)25)26-8-9-31/h4-11,15H,12-14H2,1-3H3. The maximum Gasteiger partial charge on any atom is 0.410 e. The molecule has 1 aliphatic heterocycles.